The number of piperazine rings is 1. The number of anilines is 1. The van der Waals surface area contributed by atoms with Crippen LogP contribution in [-0.2, 0) is 30.3 Å². The summed E-state index contributed by atoms with van der Waals surface area (Å²) in [5, 5.41) is 6.34. The van der Waals surface area contributed by atoms with E-state index in [2.05, 4.69) is 29.6 Å². The summed E-state index contributed by atoms with van der Waals surface area (Å²) >= 11 is 6.96. The van der Waals surface area contributed by atoms with E-state index in [1.165, 1.54) is 0 Å². The molecule has 2 fully saturated rings. The first-order valence-corrected chi connectivity index (χ1v) is 19.3. The number of likely N-dealkylation sites (tertiary alicyclic amines) is 1. The molecule has 0 N–H and O–H groups in total. The SMILES string of the molecule is Cn1cc2c(Cl)c(-c3cn(COCC[Si](C)(C)C)c4nc(N5C[C@@H]6C[C@H]5CN6C(=O)OC(C)(C)C)n(C)c(=O)c34)ccc2n1. The highest BCUT2D eigenvalue weighted by molar-refractivity contribution is 6.76. The molecule has 2 aliphatic heterocycles. The second-order valence-electron chi connectivity index (χ2n) is 14.3. The molecule has 2 aliphatic rings. The first-order valence-electron chi connectivity index (χ1n) is 15.2. The number of aryl methyl sites for hydroxylation is 1. The monoisotopic (exact) mass is 639 g/mol. The van der Waals surface area contributed by atoms with Gasteiger partial charge in [0.05, 0.1) is 28.0 Å². The first-order chi connectivity index (χ1) is 20.6. The zero-order valence-electron chi connectivity index (χ0n) is 26.8. The van der Waals surface area contributed by atoms with Crippen LogP contribution in [-0.4, -0.2) is 80.3 Å². The van der Waals surface area contributed by atoms with E-state index in [0.29, 0.717) is 47.3 Å². The summed E-state index contributed by atoms with van der Waals surface area (Å²) in [6.45, 7) is 14.6. The highest BCUT2D eigenvalue weighted by Crippen LogP contribution is 2.39. The van der Waals surface area contributed by atoms with Crippen molar-refractivity contribution in [2.24, 2.45) is 14.1 Å². The molecule has 0 unspecified atom stereocenters. The fourth-order valence-corrected chi connectivity index (χ4v) is 7.32. The second kappa shape index (κ2) is 10.9. The lowest BCUT2D eigenvalue weighted by Crippen LogP contribution is -2.51. The quantitative estimate of drug-likeness (QED) is 0.196. The molecule has 1 aromatic carbocycles. The van der Waals surface area contributed by atoms with Crippen LogP contribution in [0.1, 0.15) is 27.2 Å². The zero-order valence-corrected chi connectivity index (χ0v) is 28.6. The van der Waals surface area contributed by atoms with Crippen molar-refractivity contribution < 1.29 is 14.3 Å². The van der Waals surface area contributed by atoms with Gasteiger partial charge in [-0.05, 0) is 39.3 Å². The maximum atomic E-state index is 14.2. The number of fused-ring (bicyclic) bond motifs is 4. The molecule has 2 saturated heterocycles. The summed E-state index contributed by atoms with van der Waals surface area (Å²) in [7, 11) is 2.34. The Bertz CT molecular complexity index is 1820. The fourth-order valence-electron chi connectivity index (χ4n) is 6.25. The van der Waals surface area contributed by atoms with E-state index in [0.717, 1.165) is 28.9 Å². The number of aromatic nitrogens is 5. The van der Waals surface area contributed by atoms with Crippen LogP contribution >= 0.6 is 11.6 Å². The van der Waals surface area contributed by atoms with Gasteiger partial charge >= 0.3 is 6.09 Å². The molecular weight excluding hydrogens is 598 g/mol. The number of ether oxygens (including phenoxy) is 2. The molecule has 2 atom stereocenters. The Kier molecular flexibility index (Phi) is 7.61. The van der Waals surface area contributed by atoms with E-state index < -0.39 is 13.7 Å². The Labute approximate surface area is 263 Å². The molecule has 0 spiro atoms. The number of nitrogens with zero attached hydrogens (tertiary/aromatic N) is 7. The van der Waals surface area contributed by atoms with Gasteiger partial charge in [0.25, 0.3) is 5.56 Å². The minimum atomic E-state index is -1.28. The van der Waals surface area contributed by atoms with Gasteiger partial charge in [-0.2, -0.15) is 10.1 Å². The first kappa shape index (κ1) is 30.7. The minimum absolute atomic E-state index is 0.000269. The molecule has 11 nitrogen and oxygen atoms in total. The topological polar surface area (TPSA) is 99.6 Å². The lowest BCUT2D eigenvalue weighted by molar-refractivity contribution is 0.0214. The average Bonchev–Trinajstić information content (AvgIpc) is 3.69. The van der Waals surface area contributed by atoms with E-state index in [1.807, 2.05) is 61.8 Å². The normalized spacial score (nSPS) is 18.8. The number of carbonyl (C=O) groups excluding carboxylic acids is 1. The van der Waals surface area contributed by atoms with E-state index in [9.17, 15) is 9.59 Å². The van der Waals surface area contributed by atoms with Crippen molar-refractivity contribution in [1.29, 1.82) is 0 Å². The lowest BCUT2D eigenvalue weighted by atomic mass is 10.0. The van der Waals surface area contributed by atoms with E-state index in [-0.39, 0.29) is 30.5 Å². The van der Waals surface area contributed by atoms with Crippen LogP contribution in [0.2, 0.25) is 30.7 Å². The van der Waals surface area contributed by atoms with Crippen molar-refractivity contribution in [2.45, 2.75) is 77.3 Å². The summed E-state index contributed by atoms with van der Waals surface area (Å²) in [5.41, 5.74) is 2.09. The number of hydrogen-bond acceptors (Lipinski definition) is 7. The predicted molar refractivity (Wildman–Crippen MR) is 176 cm³/mol. The number of hydrogen-bond donors (Lipinski definition) is 0. The molecular formula is C31H42ClN7O4Si. The van der Waals surface area contributed by atoms with Crippen molar-refractivity contribution in [2.75, 3.05) is 24.6 Å². The van der Waals surface area contributed by atoms with Gasteiger partial charge in [-0.1, -0.05) is 37.3 Å². The van der Waals surface area contributed by atoms with E-state index >= 15 is 0 Å². The van der Waals surface area contributed by atoms with Crippen LogP contribution in [0.25, 0.3) is 33.1 Å². The van der Waals surface area contributed by atoms with Gasteiger partial charge in [-0.25, -0.2) is 4.79 Å². The highest BCUT2D eigenvalue weighted by atomic mass is 35.5. The smallest absolute Gasteiger partial charge is 0.410 e. The Morgan fingerprint density at radius 2 is 1.84 bits per heavy atom. The highest BCUT2D eigenvalue weighted by Gasteiger charge is 2.47. The molecule has 0 radical (unpaired) electrons. The van der Waals surface area contributed by atoms with Crippen molar-refractivity contribution in [1.82, 2.24) is 28.8 Å². The maximum absolute atomic E-state index is 14.2. The van der Waals surface area contributed by atoms with Crippen LogP contribution in [0, 0.1) is 0 Å². The molecule has 4 aromatic rings. The van der Waals surface area contributed by atoms with Gasteiger partial charge in [0.2, 0.25) is 5.95 Å². The van der Waals surface area contributed by atoms with Gasteiger partial charge in [0, 0.05) is 70.8 Å². The molecule has 3 aromatic heterocycles. The largest absolute Gasteiger partial charge is 0.444 e. The molecule has 0 aliphatic carbocycles. The average molecular weight is 640 g/mol. The zero-order chi connectivity index (χ0) is 31.7. The fraction of sp³-hybridized carbons (Fsp3) is 0.548. The van der Waals surface area contributed by atoms with Crippen LogP contribution < -0.4 is 10.5 Å². The maximum Gasteiger partial charge on any atom is 0.410 e. The van der Waals surface area contributed by atoms with Crippen molar-refractivity contribution in [3.05, 3.63) is 39.9 Å². The van der Waals surface area contributed by atoms with Gasteiger partial charge in [0.15, 0.2) is 5.65 Å². The van der Waals surface area contributed by atoms with Crippen molar-refractivity contribution in [3.8, 4) is 11.1 Å². The van der Waals surface area contributed by atoms with Crippen LogP contribution in [0.4, 0.5) is 10.7 Å². The Balaban J connectivity index is 1.39. The third-order valence-electron chi connectivity index (χ3n) is 8.45. The van der Waals surface area contributed by atoms with E-state index in [1.54, 1.807) is 16.3 Å². The molecule has 236 valence electrons. The summed E-state index contributed by atoms with van der Waals surface area (Å²) in [6, 6.07) is 4.92. The molecule has 1 amide bonds. The van der Waals surface area contributed by atoms with E-state index in [4.69, 9.17) is 26.1 Å². The summed E-state index contributed by atoms with van der Waals surface area (Å²) in [4.78, 5) is 36.1. The second-order valence-corrected chi connectivity index (χ2v) is 20.3. The van der Waals surface area contributed by atoms with Crippen molar-refractivity contribution >= 4 is 53.7 Å². The summed E-state index contributed by atoms with van der Waals surface area (Å²) < 4.78 is 17.1. The predicted octanol–water partition coefficient (Wildman–Crippen LogP) is 5.45. The number of benzene rings is 1. The third kappa shape index (κ3) is 5.63. The van der Waals surface area contributed by atoms with Crippen LogP contribution in [0.5, 0.6) is 0 Å². The molecule has 0 saturated carbocycles. The lowest BCUT2D eigenvalue weighted by Gasteiger charge is -2.36. The summed E-state index contributed by atoms with van der Waals surface area (Å²) in [6.07, 6.45) is 4.33. The van der Waals surface area contributed by atoms with Gasteiger partial charge in [-0.15, -0.1) is 0 Å². The molecule has 2 bridgehead atoms. The Morgan fingerprint density at radius 3 is 2.50 bits per heavy atom. The number of amides is 1. The number of halogens is 1. The molecule has 6 rings (SSSR count). The van der Waals surface area contributed by atoms with Crippen LogP contribution in [0.3, 0.4) is 0 Å². The third-order valence-corrected chi connectivity index (χ3v) is 10.6. The minimum Gasteiger partial charge on any atom is -0.444 e. The number of carbonyl (C=O) groups is 1. The Morgan fingerprint density at radius 1 is 1.09 bits per heavy atom. The number of rotatable bonds is 7. The standard InChI is InChI=1S/C31H42ClN7O4Si/c1-31(2,3)43-30(41)39-15-19-13-20(39)14-38(19)29-33-27-25(28(40)36(29)5)22(17-37(27)18-42-11-12-44(6,7)8)21-9-10-24-23(26(21)32)16-35(4)34-24/h9-10,16-17,19-20H,11-15,18H2,1-8H3/t19-,20-/m0/s1. The molecule has 5 heterocycles. The Hall–Kier alpha value is -3.35. The van der Waals surface area contributed by atoms with Gasteiger partial charge in [0.1, 0.15) is 12.3 Å². The summed E-state index contributed by atoms with van der Waals surface area (Å²) in [5.74, 6) is 0.584. The van der Waals surface area contributed by atoms with Gasteiger partial charge in [-0.3, -0.25) is 14.0 Å². The molecule has 44 heavy (non-hydrogen) atoms. The van der Waals surface area contributed by atoms with Crippen molar-refractivity contribution in [3.63, 3.8) is 0 Å². The van der Waals surface area contributed by atoms with Gasteiger partial charge < -0.3 is 23.8 Å². The molecule has 13 heteroatoms. The van der Waals surface area contributed by atoms with Crippen LogP contribution in [0.15, 0.2) is 29.3 Å².